The van der Waals surface area contributed by atoms with Crippen LogP contribution in [0.5, 0.6) is 0 Å². The number of carbonyl (C=O) groups is 2. The van der Waals surface area contributed by atoms with Gasteiger partial charge in [0.1, 0.15) is 0 Å². The standard InChI is InChI=1S/C27H33N3O3/c1-18-9-11-19(12-10-18)26-25-21(15-27(2,3)16-23(25)31)29-20-7-5-6-8-22(20)30(26)17-24(32)28-13-14-33-4/h5-12,26,29H,13-17H2,1-4H3,(H,28,32). The molecule has 0 fully saturated rings. The quantitative estimate of drug-likeness (QED) is 0.644. The number of allylic oxidation sites excluding steroid dienone is 1. The second-order valence-corrected chi connectivity index (χ2v) is 9.76. The highest BCUT2D eigenvalue weighted by Gasteiger charge is 2.41. The summed E-state index contributed by atoms with van der Waals surface area (Å²) in [6.45, 7) is 7.35. The topological polar surface area (TPSA) is 70.7 Å². The van der Waals surface area contributed by atoms with Gasteiger partial charge in [-0.2, -0.15) is 0 Å². The van der Waals surface area contributed by atoms with Crippen LogP contribution in [-0.2, 0) is 14.3 Å². The van der Waals surface area contributed by atoms with Gasteiger partial charge in [0.15, 0.2) is 5.78 Å². The highest BCUT2D eigenvalue weighted by Crippen LogP contribution is 2.48. The first-order valence-electron chi connectivity index (χ1n) is 11.5. The molecular weight excluding hydrogens is 414 g/mol. The fourth-order valence-corrected chi connectivity index (χ4v) is 4.83. The van der Waals surface area contributed by atoms with E-state index in [1.54, 1.807) is 7.11 Å². The lowest BCUT2D eigenvalue weighted by molar-refractivity contribution is -0.121. The molecule has 1 aliphatic carbocycles. The van der Waals surface area contributed by atoms with Crippen LogP contribution in [0.25, 0.3) is 0 Å². The minimum Gasteiger partial charge on any atom is -0.383 e. The van der Waals surface area contributed by atoms with E-state index >= 15 is 0 Å². The normalized spacial score (nSPS) is 19.3. The van der Waals surface area contributed by atoms with Crippen LogP contribution in [0.4, 0.5) is 11.4 Å². The zero-order valence-corrected chi connectivity index (χ0v) is 19.9. The third-order valence-electron chi connectivity index (χ3n) is 6.34. The maximum absolute atomic E-state index is 13.6. The van der Waals surface area contributed by atoms with Crippen molar-refractivity contribution in [2.75, 3.05) is 37.0 Å². The van der Waals surface area contributed by atoms with Crippen LogP contribution >= 0.6 is 0 Å². The number of ether oxygens (including phenoxy) is 1. The Morgan fingerprint density at radius 3 is 2.61 bits per heavy atom. The largest absolute Gasteiger partial charge is 0.383 e. The molecule has 2 aromatic rings. The molecule has 1 heterocycles. The van der Waals surface area contributed by atoms with E-state index in [4.69, 9.17) is 4.74 Å². The van der Waals surface area contributed by atoms with Crippen LogP contribution in [-0.4, -0.2) is 38.5 Å². The first-order valence-corrected chi connectivity index (χ1v) is 11.5. The van der Waals surface area contributed by atoms with Gasteiger partial charge in [-0.1, -0.05) is 55.8 Å². The molecule has 174 valence electrons. The molecule has 4 rings (SSSR count). The van der Waals surface area contributed by atoms with Crippen LogP contribution < -0.4 is 15.5 Å². The molecule has 2 aliphatic rings. The van der Waals surface area contributed by atoms with Crippen LogP contribution in [0.2, 0.25) is 0 Å². The Labute approximate surface area is 196 Å². The summed E-state index contributed by atoms with van der Waals surface area (Å²) in [7, 11) is 1.61. The van der Waals surface area contributed by atoms with Crippen molar-refractivity contribution in [2.45, 2.75) is 39.7 Å². The fraction of sp³-hybridized carbons (Fsp3) is 0.407. The van der Waals surface area contributed by atoms with Gasteiger partial charge in [-0.3, -0.25) is 9.59 Å². The zero-order chi connectivity index (χ0) is 23.6. The first kappa shape index (κ1) is 23.1. The molecule has 33 heavy (non-hydrogen) atoms. The number of nitrogens with one attached hydrogen (secondary N) is 2. The Kier molecular flexibility index (Phi) is 6.56. The summed E-state index contributed by atoms with van der Waals surface area (Å²) in [5.41, 5.74) is 5.57. The van der Waals surface area contributed by atoms with Crippen molar-refractivity contribution >= 4 is 23.1 Å². The Bertz CT molecular complexity index is 1070. The lowest BCUT2D eigenvalue weighted by Gasteiger charge is -2.38. The molecule has 0 saturated carbocycles. The molecule has 2 aromatic carbocycles. The number of nitrogens with zero attached hydrogens (tertiary/aromatic N) is 1. The van der Waals surface area contributed by atoms with Gasteiger partial charge in [-0.05, 0) is 36.5 Å². The van der Waals surface area contributed by atoms with Crippen LogP contribution in [0.15, 0.2) is 59.8 Å². The molecule has 6 heteroatoms. The number of ketones is 1. The molecule has 0 spiro atoms. The van der Waals surface area contributed by atoms with Gasteiger partial charge < -0.3 is 20.3 Å². The zero-order valence-electron chi connectivity index (χ0n) is 19.9. The maximum Gasteiger partial charge on any atom is 0.239 e. The monoisotopic (exact) mass is 447 g/mol. The van der Waals surface area contributed by atoms with E-state index < -0.39 is 0 Å². The molecular formula is C27H33N3O3. The predicted octanol–water partition coefficient (Wildman–Crippen LogP) is 4.37. The molecule has 1 aliphatic heterocycles. The molecule has 0 bridgehead atoms. The van der Waals surface area contributed by atoms with E-state index in [0.717, 1.165) is 40.2 Å². The number of benzene rings is 2. The number of Topliss-reactive ketones (excluding diaryl/α,β-unsaturated/α-hetero) is 1. The van der Waals surface area contributed by atoms with Gasteiger partial charge in [0.2, 0.25) is 5.91 Å². The molecule has 0 saturated heterocycles. The number of carbonyl (C=O) groups excluding carboxylic acids is 2. The SMILES string of the molecule is COCCNC(=O)CN1c2ccccc2NC2=C(C(=O)CC(C)(C)C2)C1c1ccc(C)cc1. The number of anilines is 2. The van der Waals surface area contributed by atoms with Crippen molar-refractivity contribution in [3.05, 3.63) is 70.9 Å². The Morgan fingerprint density at radius 1 is 1.15 bits per heavy atom. The number of hydrogen-bond acceptors (Lipinski definition) is 5. The predicted molar refractivity (Wildman–Crippen MR) is 131 cm³/mol. The summed E-state index contributed by atoms with van der Waals surface area (Å²) < 4.78 is 5.07. The lowest BCUT2D eigenvalue weighted by Crippen LogP contribution is -2.42. The summed E-state index contributed by atoms with van der Waals surface area (Å²) in [5, 5.41) is 6.51. The molecule has 0 radical (unpaired) electrons. The van der Waals surface area contributed by atoms with Gasteiger partial charge in [0.25, 0.3) is 0 Å². The second kappa shape index (κ2) is 9.40. The fourth-order valence-electron chi connectivity index (χ4n) is 4.83. The molecule has 1 amide bonds. The molecule has 1 atom stereocenters. The number of fused-ring (bicyclic) bond motifs is 1. The van der Waals surface area contributed by atoms with Gasteiger partial charge in [0.05, 0.1) is 30.6 Å². The highest BCUT2D eigenvalue weighted by molar-refractivity contribution is 6.01. The molecule has 0 aromatic heterocycles. The van der Waals surface area contributed by atoms with E-state index in [2.05, 4.69) is 53.6 Å². The number of rotatable bonds is 6. The van der Waals surface area contributed by atoms with E-state index in [-0.39, 0.29) is 29.7 Å². The third kappa shape index (κ3) is 4.96. The van der Waals surface area contributed by atoms with E-state index in [1.165, 1.54) is 0 Å². The van der Waals surface area contributed by atoms with Gasteiger partial charge in [-0.25, -0.2) is 0 Å². The summed E-state index contributed by atoms with van der Waals surface area (Å²) in [5.74, 6) is 0.0310. The number of hydrogen-bond donors (Lipinski definition) is 2. The van der Waals surface area contributed by atoms with Crippen molar-refractivity contribution in [2.24, 2.45) is 5.41 Å². The van der Waals surface area contributed by atoms with Crippen LogP contribution in [0.3, 0.4) is 0 Å². The Morgan fingerprint density at radius 2 is 1.88 bits per heavy atom. The van der Waals surface area contributed by atoms with Crippen molar-refractivity contribution < 1.29 is 14.3 Å². The maximum atomic E-state index is 13.6. The smallest absolute Gasteiger partial charge is 0.239 e. The molecule has 6 nitrogen and oxygen atoms in total. The van der Waals surface area contributed by atoms with Crippen molar-refractivity contribution in [3.8, 4) is 0 Å². The summed E-state index contributed by atoms with van der Waals surface area (Å²) >= 11 is 0. The van der Waals surface area contributed by atoms with E-state index in [1.807, 2.05) is 31.2 Å². The van der Waals surface area contributed by atoms with Crippen LogP contribution in [0.1, 0.15) is 43.9 Å². The molecule has 2 N–H and O–H groups in total. The highest BCUT2D eigenvalue weighted by atomic mass is 16.5. The summed E-state index contributed by atoms with van der Waals surface area (Å²) in [6, 6.07) is 15.9. The average Bonchev–Trinajstić information content (AvgIpc) is 2.88. The first-order chi connectivity index (χ1) is 15.8. The van der Waals surface area contributed by atoms with Crippen LogP contribution in [0, 0.1) is 12.3 Å². The second-order valence-electron chi connectivity index (χ2n) is 9.76. The van der Waals surface area contributed by atoms with Gasteiger partial charge in [0, 0.05) is 31.3 Å². The number of para-hydroxylation sites is 2. The van der Waals surface area contributed by atoms with E-state index in [9.17, 15) is 9.59 Å². The minimum absolute atomic E-state index is 0.105. The van der Waals surface area contributed by atoms with Crippen molar-refractivity contribution in [1.29, 1.82) is 0 Å². The average molecular weight is 448 g/mol. The number of amides is 1. The molecule has 1 unspecified atom stereocenters. The Balaban J connectivity index is 1.85. The number of methoxy groups -OCH3 is 1. The number of aryl methyl sites for hydroxylation is 1. The van der Waals surface area contributed by atoms with Gasteiger partial charge >= 0.3 is 0 Å². The Hall–Kier alpha value is -3.12. The minimum atomic E-state index is -0.353. The van der Waals surface area contributed by atoms with Crippen molar-refractivity contribution in [3.63, 3.8) is 0 Å². The van der Waals surface area contributed by atoms with Gasteiger partial charge in [-0.15, -0.1) is 0 Å². The van der Waals surface area contributed by atoms with Crippen molar-refractivity contribution in [1.82, 2.24) is 5.32 Å². The summed E-state index contributed by atoms with van der Waals surface area (Å²) in [6.07, 6.45) is 1.26. The third-order valence-corrected chi connectivity index (χ3v) is 6.34. The van der Waals surface area contributed by atoms with E-state index in [0.29, 0.717) is 19.6 Å². The lowest BCUT2D eigenvalue weighted by atomic mass is 9.73. The summed E-state index contributed by atoms with van der Waals surface area (Å²) in [4.78, 5) is 28.6.